The van der Waals surface area contributed by atoms with Gasteiger partial charge in [-0.05, 0) is 18.9 Å². The minimum Gasteiger partial charge on any atom is -0.354 e. The monoisotopic (exact) mass is 345 g/mol. The van der Waals surface area contributed by atoms with E-state index in [0.29, 0.717) is 11.8 Å². The van der Waals surface area contributed by atoms with Gasteiger partial charge in [0.2, 0.25) is 0 Å². The van der Waals surface area contributed by atoms with Gasteiger partial charge in [-0.1, -0.05) is 30.3 Å². The van der Waals surface area contributed by atoms with Crippen molar-refractivity contribution in [3.63, 3.8) is 0 Å². The zero-order valence-electron chi connectivity index (χ0n) is 14.3. The molecule has 26 heavy (non-hydrogen) atoms. The van der Waals surface area contributed by atoms with Crippen molar-refractivity contribution in [1.82, 2.24) is 29.4 Å². The van der Waals surface area contributed by atoms with Gasteiger partial charge in [0.05, 0.1) is 11.7 Å². The number of anilines is 1. The maximum absolute atomic E-state index is 4.68. The molecule has 3 aromatic heterocycles. The standard InChI is InChI=1S/C19H19N7/c1-2-6-15(7-3-1)17-12-18(26-19(23-17)20-14-22-26)24-10-4-8-16(13-24)25-11-5-9-21-25/h1-3,5-7,9,11-12,14,16H,4,8,10,13H2. The average Bonchev–Trinajstić information content (AvgIpc) is 3.40. The normalized spacial score (nSPS) is 17.7. The minimum absolute atomic E-state index is 0.366. The predicted octanol–water partition coefficient (Wildman–Crippen LogP) is 2.83. The number of piperidine rings is 1. The lowest BCUT2D eigenvalue weighted by Gasteiger charge is -2.34. The quantitative estimate of drug-likeness (QED) is 0.571. The van der Waals surface area contributed by atoms with Crippen molar-refractivity contribution in [2.45, 2.75) is 18.9 Å². The number of rotatable bonds is 3. The van der Waals surface area contributed by atoms with Gasteiger partial charge < -0.3 is 4.90 Å². The first-order valence-electron chi connectivity index (χ1n) is 8.89. The largest absolute Gasteiger partial charge is 0.354 e. The Kier molecular flexibility index (Phi) is 3.62. The molecule has 0 N–H and O–H groups in total. The molecule has 0 radical (unpaired) electrons. The second-order valence-corrected chi connectivity index (χ2v) is 6.57. The molecule has 0 saturated carbocycles. The van der Waals surface area contributed by atoms with E-state index < -0.39 is 0 Å². The maximum Gasteiger partial charge on any atom is 0.254 e. The van der Waals surface area contributed by atoms with Crippen LogP contribution in [0.2, 0.25) is 0 Å². The molecule has 1 aliphatic rings. The summed E-state index contributed by atoms with van der Waals surface area (Å²) < 4.78 is 3.89. The number of aromatic nitrogens is 6. The van der Waals surface area contributed by atoms with Crippen molar-refractivity contribution < 1.29 is 0 Å². The summed E-state index contributed by atoms with van der Waals surface area (Å²) in [5.41, 5.74) is 2.00. The molecule has 1 fully saturated rings. The van der Waals surface area contributed by atoms with Crippen LogP contribution in [0.3, 0.4) is 0 Å². The minimum atomic E-state index is 0.366. The molecule has 1 saturated heterocycles. The van der Waals surface area contributed by atoms with Crippen LogP contribution in [0.1, 0.15) is 18.9 Å². The molecule has 0 bridgehead atoms. The van der Waals surface area contributed by atoms with E-state index in [0.717, 1.165) is 43.0 Å². The summed E-state index contributed by atoms with van der Waals surface area (Å²) in [5.74, 6) is 1.66. The highest BCUT2D eigenvalue weighted by atomic mass is 15.4. The van der Waals surface area contributed by atoms with Crippen molar-refractivity contribution >= 4 is 11.6 Å². The second-order valence-electron chi connectivity index (χ2n) is 6.57. The van der Waals surface area contributed by atoms with Crippen LogP contribution >= 0.6 is 0 Å². The third-order valence-corrected chi connectivity index (χ3v) is 4.92. The summed E-state index contributed by atoms with van der Waals surface area (Å²) in [6.07, 6.45) is 7.70. The van der Waals surface area contributed by atoms with Crippen LogP contribution in [0.4, 0.5) is 5.82 Å². The smallest absolute Gasteiger partial charge is 0.254 e. The Balaban J connectivity index is 1.56. The third-order valence-electron chi connectivity index (χ3n) is 4.92. The van der Waals surface area contributed by atoms with Crippen molar-refractivity contribution in [1.29, 1.82) is 0 Å². The van der Waals surface area contributed by atoms with E-state index in [2.05, 4.69) is 47.9 Å². The highest BCUT2D eigenvalue weighted by molar-refractivity contribution is 5.65. The summed E-state index contributed by atoms with van der Waals surface area (Å²) in [5, 5.41) is 8.82. The predicted molar refractivity (Wildman–Crippen MR) is 98.9 cm³/mol. The highest BCUT2D eigenvalue weighted by Crippen LogP contribution is 2.28. The molecular formula is C19H19N7. The Morgan fingerprint density at radius 1 is 1.04 bits per heavy atom. The summed E-state index contributed by atoms with van der Waals surface area (Å²) in [4.78, 5) is 11.4. The lowest BCUT2D eigenvalue weighted by atomic mass is 10.1. The first-order valence-corrected chi connectivity index (χ1v) is 8.89. The van der Waals surface area contributed by atoms with Gasteiger partial charge in [0.25, 0.3) is 5.78 Å². The van der Waals surface area contributed by atoms with Gasteiger partial charge in [-0.3, -0.25) is 4.68 Å². The van der Waals surface area contributed by atoms with E-state index in [4.69, 9.17) is 0 Å². The molecule has 1 atom stereocenters. The molecule has 7 heteroatoms. The van der Waals surface area contributed by atoms with E-state index >= 15 is 0 Å². The van der Waals surface area contributed by atoms with E-state index in [-0.39, 0.29) is 0 Å². The molecular weight excluding hydrogens is 326 g/mol. The van der Waals surface area contributed by atoms with Gasteiger partial charge in [-0.25, -0.2) is 4.98 Å². The zero-order chi connectivity index (χ0) is 17.3. The highest BCUT2D eigenvalue weighted by Gasteiger charge is 2.24. The fraction of sp³-hybridized carbons (Fsp3) is 0.263. The third kappa shape index (κ3) is 2.61. The van der Waals surface area contributed by atoms with Crippen molar-refractivity contribution in [3.8, 4) is 11.3 Å². The number of nitrogens with zero attached hydrogens (tertiary/aromatic N) is 7. The Morgan fingerprint density at radius 3 is 2.81 bits per heavy atom. The molecule has 5 rings (SSSR count). The van der Waals surface area contributed by atoms with Gasteiger partial charge in [-0.15, -0.1) is 0 Å². The molecule has 130 valence electrons. The van der Waals surface area contributed by atoms with Gasteiger partial charge in [0, 0.05) is 37.1 Å². The molecule has 7 nitrogen and oxygen atoms in total. The topological polar surface area (TPSA) is 64.1 Å². The van der Waals surface area contributed by atoms with Gasteiger partial charge >= 0.3 is 0 Å². The van der Waals surface area contributed by atoms with E-state index in [9.17, 15) is 0 Å². The molecule has 1 unspecified atom stereocenters. The summed E-state index contributed by atoms with van der Waals surface area (Å²) in [6, 6.07) is 14.7. The lowest BCUT2D eigenvalue weighted by Crippen LogP contribution is -2.38. The molecule has 0 spiro atoms. The fourth-order valence-corrected chi connectivity index (χ4v) is 3.65. The molecule has 4 aromatic rings. The van der Waals surface area contributed by atoms with E-state index in [1.54, 1.807) is 6.33 Å². The van der Waals surface area contributed by atoms with Gasteiger partial charge in [-0.2, -0.15) is 19.7 Å². The Bertz CT molecular complexity index is 1010. The summed E-state index contributed by atoms with van der Waals surface area (Å²) in [6.45, 7) is 1.89. The first kappa shape index (κ1) is 15.1. The Hall–Kier alpha value is -3.22. The van der Waals surface area contributed by atoms with Crippen molar-refractivity contribution in [2.24, 2.45) is 0 Å². The van der Waals surface area contributed by atoms with E-state index in [1.165, 1.54) is 0 Å². The number of hydrogen-bond donors (Lipinski definition) is 0. The fourth-order valence-electron chi connectivity index (χ4n) is 3.65. The Labute approximate surface area is 150 Å². The summed E-state index contributed by atoms with van der Waals surface area (Å²) >= 11 is 0. The molecule has 4 heterocycles. The van der Waals surface area contributed by atoms with E-state index in [1.807, 2.05) is 41.2 Å². The first-order chi connectivity index (χ1) is 12.9. The molecule has 1 aromatic carbocycles. The SMILES string of the molecule is c1ccc(-c2cc(N3CCCC(n4cccn4)C3)n3ncnc3n2)cc1. The molecule has 0 aliphatic carbocycles. The second kappa shape index (κ2) is 6.25. The number of hydrogen-bond acceptors (Lipinski definition) is 5. The van der Waals surface area contributed by atoms with Crippen molar-refractivity contribution in [3.05, 3.63) is 61.2 Å². The number of fused-ring (bicyclic) bond motifs is 1. The van der Waals surface area contributed by atoms with Gasteiger partial charge in [0.1, 0.15) is 12.1 Å². The van der Waals surface area contributed by atoms with Crippen LogP contribution in [0, 0.1) is 0 Å². The summed E-state index contributed by atoms with van der Waals surface area (Å²) in [7, 11) is 0. The van der Waals surface area contributed by atoms with Crippen LogP contribution in [0.5, 0.6) is 0 Å². The van der Waals surface area contributed by atoms with Crippen LogP contribution in [0.15, 0.2) is 61.2 Å². The van der Waals surface area contributed by atoms with Crippen molar-refractivity contribution in [2.75, 3.05) is 18.0 Å². The number of benzene rings is 1. The Morgan fingerprint density at radius 2 is 1.96 bits per heavy atom. The zero-order valence-corrected chi connectivity index (χ0v) is 14.3. The van der Waals surface area contributed by atoms with Crippen LogP contribution in [-0.4, -0.2) is 42.5 Å². The average molecular weight is 345 g/mol. The molecule has 1 aliphatic heterocycles. The van der Waals surface area contributed by atoms with Crippen LogP contribution in [0.25, 0.3) is 17.0 Å². The maximum atomic E-state index is 4.68. The van der Waals surface area contributed by atoms with Gasteiger partial charge in [0.15, 0.2) is 0 Å². The lowest BCUT2D eigenvalue weighted by molar-refractivity contribution is 0.374. The van der Waals surface area contributed by atoms with Crippen LogP contribution < -0.4 is 4.90 Å². The molecule has 0 amide bonds. The van der Waals surface area contributed by atoms with Crippen LogP contribution in [-0.2, 0) is 0 Å².